The van der Waals surface area contributed by atoms with Gasteiger partial charge in [0.05, 0.1) is 10.6 Å². The van der Waals surface area contributed by atoms with Crippen LogP contribution in [0.4, 0.5) is 0 Å². The zero-order valence-corrected chi connectivity index (χ0v) is 12.1. The van der Waals surface area contributed by atoms with Crippen molar-refractivity contribution >= 4 is 17.3 Å². The maximum Gasteiger partial charge on any atom is 0.345 e. The smallest absolute Gasteiger partial charge is 0.345 e. The molecule has 106 valence electrons. The lowest BCUT2D eigenvalue weighted by Crippen LogP contribution is -1.93. The minimum Gasteiger partial charge on any atom is -0.508 e. The molecule has 0 amide bonds. The van der Waals surface area contributed by atoms with Gasteiger partial charge in [-0.25, -0.2) is 4.79 Å². The zero-order chi connectivity index (χ0) is 15.0. The monoisotopic (exact) mass is 299 g/mol. The van der Waals surface area contributed by atoms with Crippen molar-refractivity contribution in [2.75, 3.05) is 0 Å². The van der Waals surface area contributed by atoms with Crippen molar-refractivity contribution in [3.05, 3.63) is 53.4 Å². The molecule has 0 unspecified atom stereocenters. The number of benzene rings is 1. The molecule has 4 nitrogen and oxygen atoms in total. The number of nitrogens with zero attached hydrogens (tertiary/aromatic N) is 1. The van der Waals surface area contributed by atoms with Gasteiger partial charge in [0.1, 0.15) is 10.6 Å². The van der Waals surface area contributed by atoms with Crippen LogP contribution in [0, 0.1) is 0 Å². The first-order chi connectivity index (χ1) is 10.1. The van der Waals surface area contributed by atoms with Crippen molar-refractivity contribution in [1.82, 2.24) is 4.57 Å². The molecule has 21 heavy (non-hydrogen) atoms. The number of phenols is 1. The number of hydrogen-bond acceptors (Lipinski definition) is 3. The standard InChI is InChI=1S/C16H13NO3S/c1-17-12(10-2-4-11(18)5-3-10)6-7-13(17)14-8-9-15(21-14)16(19)20/h2-9,18H,1H3,(H,19,20). The lowest BCUT2D eigenvalue weighted by molar-refractivity contribution is 0.0702. The molecule has 0 aliphatic rings. The Kier molecular flexibility index (Phi) is 3.27. The molecule has 0 saturated carbocycles. The third kappa shape index (κ3) is 2.43. The van der Waals surface area contributed by atoms with Gasteiger partial charge >= 0.3 is 5.97 Å². The molecule has 0 bridgehead atoms. The Hall–Kier alpha value is -2.53. The third-order valence-corrected chi connectivity index (χ3v) is 4.45. The third-order valence-electron chi connectivity index (χ3n) is 3.35. The minimum atomic E-state index is -0.904. The summed E-state index contributed by atoms with van der Waals surface area (Å²) < 4.78 is 2.02. The van der Waals surface area contributed by atoms with Gasteiger partial charge in [-0.1, -0.05) is 0 Å². The number of carboxylic acids is 1. The fraction of sp³-hybridized carbons (Fsp3) is 0.0625. The number of aromatic nitrogens is 1. The first-order valence-electron chi connectivity index (χ1n) is 6.35. The summed E-state index contributed by atoms with van der Waals surface area (Å²) in [7, 11) is 1.94. The zero-order valence-electron chi connectivity index (χ0n) is 11.3. The van der Waals surface area contributed by atoms with E-state index in [-0.39, 0.29) is 5.75 Å². The van der Waals surface area contributed by atoms with Crippen LogP contribution in [0.5, 0.6) is 5.75 Å². The molecule has 5 heteroatoms. The summed E-state index contributed by atoms with van der Waals surface area (Å²) in [4.78, 5) is 12.2. The van der Waals surface area contributed by atoms with Gasteiger partial charge in [-0.15, -0.1) is 11.3 Å². The van der Waals surface area contributed by atoms with Gasteiger partial charge in [0.15, 0.2) is 0 Å². The second kappa shape index (κ2) is 5.10. The van der Waals surface area contributed by atoms with E-state index in [9.17, 15) is 9.90 Å². The van der Waals surface area contributed by atoms with Crippen LogP contribution >= 0.6 is 11.3 Å². The SMILES string of the molecule is Cn1c(-c2ccc(O)cc2)ccc1-c1ccc(C(=O)O)s1. The molecule has 0 spiro atoms. The molecule has 0 fully saturated rings. The summed E-state index contributed by atoms with van der Waals surface area (Å²) in [6.45, 7) is 0. The summed E-state index contributed by atoms with van der Waals surface area (Å²) in [6, 6.07) is 14.4. The van der Waals surface area contributed by atoms with E-state index < -0.39 is 5.97 Å². The maximum atomic E-state index is 11.0. The number of carbonyl (C=O) groups is 1. The summed E-state index contributed by atoms with van der Waals surface area (Å²) in [6.07, 6.45) is 0. The predicted molar refractivity (Wildman–Crippen MR) is 82.8 cm³/mol. The number of aromatic carboxylic acids is 1. The average Bonchev–Trinajstić information content (AvgIpc) is 3.06. The first-order valence-corrected chi connectivity index (χ1v) is 7.16. The normalized spacial score (nSPS) is 10.7. The number of phenolic OH excluding ortho intramolecular Hbond substituents is 1. The highest BCUT2D eigenvalue weighted by molar-refractivity contribution is 7.17. The van der Waals surface area contributed by atoms with E-state index in [1.165, 1.54) is 11.3 Å². The van der Waals surface area contributed by atoms with Gasteiger partial charge in [-0.3, -0.25) is 0 Å². The number of hydrogen-bond donors (Lipinski definition) is 2. The lowest BCUT2D eigenvalue weighted by Gasteiger charge is -2.07. The van der Waals surface area contributed by atoms with Crippen molar-refractivity contribution in [3.8, 4) is 27.6 Å². The van der Waals surface area contributed by atoms with Crippen LogP contribution in [0.25, 0.3) is 21.8 Å². The maximum absolute atomic E-state index is 11.0. The van der Waals surface area contributed by atoms with Crippen molar-refractivity contribution in [2.24, 2.45) is 7.05 Å². The van der Waals surface area contributed by atoms with E-state index in [1.807, 2.05) is 41.9 Å². The van der Waals surface area contributed by atoms with Gasteiger partial charge in [0.2, 0.25) is 0 Å². The fourth-order valence-electron chi connectivity index (χ4n) is 2.27. The van der Waals surface area contributed by atoms with Crippen LogP contribution in [0.15, 0.2) is 48.5 Å². The highest BCUT2D eigenvalue weighted by Gasteiger charge is 2.13. The Labute approximate surface area is 125 Å². The Morgan fingerprint density at radius 3 is 2.29 bits per heavy atom. The average molecular weight is 299 g/mol. The van der Waals surface area contributed by atoms with Crippen molar-refractivity contribution < 1.29 is 15.0 Å². The summed E-state index contributed by atoms with van der Waals surface area (Å²) in [5.74, 6) is -0.670. The molecule has 0 atom stereocenters. The molecular weight excluding hydrogens is 286 g/mol. The molecule has 2 heterocycles. The minimum absolute atomic E-state index is 0.234. The van der Waals surface area contributed by atoms with Crippen LogP contribution in [0.1, 0.15) is 9.67 Å². The Morgan fingerprint density at radius 2 is 1.67 bits per heavy atom. The van der Waals surface area contributed by atoms with Gasteiger partial charge < -0.3 is 14.8 Å². The summed E-state index contributed by atoms with van der Waals surface area (Å²) in [5, 5.41) is 18.4. The van der Waals surface area contributed by atoms with Crippen molar-refractivity contribution in [3.63, 3.8) is 0 Å². The number of carboxylic acid groups (broad SMARTS) is 1. The van der Waals surface area contributed by atoms with Crippen LogP contribution in [-0.2, 0) is 7.05 Å². The number of aromatic hydroxyl groups is 1. The molecule has 0 radical (unpaired) electrons. The molecule has 0 aliphatic carbocycles. The second-order valence-electron chi connectivity index (χ2n) is 4.68. The number of thiophene rings is 1. The van der Waals surface area contributed by atoms with E-state index in [4.69, 9.17) is 5.11 Å². The van der Waals surface area contributed by atoms with Crippen LogP contribution in [0.3, 0.4) is 0 Å². The molecule has 2 aromatic heterocycles. The van der Waals surface area contributed by atoms with Gasteiger partial charge in [0.25, 0.3) is 0 Å². The quantitative estimate of drug-likeness (QED) is 0.772. The molecule has 2 N–H and O–H groups in total. The Bertz CT molecular complexity index is 799. The predicted octanol–water partition coefficient (Wildman–Crippen LogP) is 3.82. The topological polar surface area (TPSA) is 62.5 Å². The highest BCUT2D eigenvalue weighted by atomic mass is 32.1. The summed E-state index contributed by atoms with van der Waals surface area (Å²) >= 11 is 1.26. The van der Waals surface area contributed by atoms with Crippen LogP contribution in [0.2, 0.25) is 0 Å². The molecule has 0 aliphatic heterocycles. The second-order valence-corrected chi connectivity index (χ2v) is 5.76. The lowest BCUT2D eigenvalue weighted by atomic mass is 10.1. The van der Waals surface area contributed by atoms with Gasteiger partial charge in [-0.05, 0) is 54.1 Å². The van der Waals surface area contributed by atoms with E-state index in [0.29, 0.717) is 4.88 Å². The Morgan fingerprint density at radius 1 is 1.00 bits per heavy atom. The van der Waals surface area contributed by atoms with E-state index >= 15 is 0 Å². The van der Waals surface area contributed by atoms with Crippen molar-refractivity contribution in [2.45, 2.75) is 0 Å². The van der Waals surface area contributed by atoms with E-state index in [2.05, 4.69) is 0 Å². The molecule has 3 aromatic rings. The van der Waals surface area contributed by atoms with Crippen LogP contribution < -0.4 is 0 Å². The van der Waals surface area contributed by atoms with Gasteiger partial charge in [-0.2, -0.15) is 0 Å². The van der Waals surface area contributed by atoms with E-state index in [0.717, 1.165) is 21.8 Å². The van der Waals surface area contributed by atoms with Crippen molar-refractivity contribution in [1.29, 1.82) is 0 Å². The fourth-order valence-corrected chi connectivity index (χ4v) is 3.18. The molecule has 0 saturated heterocycles. The number of rotatable bonds is 3. The van der Waals surface area contributed by atoms with E-state index in [1.54, 1.807) is 18.2 Å². The molecular formula is C16H13NO3S. The first kappa shape index (κ1) is 13.5. The Balaban J connectivity index is 2.02. The molecule has 1 aromatic carbocycles. The molecule has 3 rings (SSSR count). The largest absolute Gasteiger partial charge is 0.508 e. The highest BCUT2D eigenvalue weighted by Crippen LogP contribution is 2.32. The van der Waals surface area contributed by atoms with Crippen LogP contribution in [-0.4, -0.2) is 20.7 Å². The van der Waals surface area contributed by atoms with Gasteiger partial charge in [0, 0.05) is 12.7 Å². The summed E-state index contributed by atoms with van der Waals surface area (Å²) in [5.41, 5.74) is 2.97.